The highest BCUT2D eigenvalue weighted by atomic mass is 16.5. The smallest absolute Gasteiger partial charge is 0.246 e. The van der Waals surface area contributed by atoms with E-state index in [1.54, 1.807) is 29.2 Å². The minimum Gasteiger partial charge on any atom is -0.494 e. The van der Waals surface area contributed by atoms with Gasteiger partial charge in [-0.3, -0.25) is 14.4 Å². The van der Waals surface area contributed by atoms with Gasteiger partial charge < -0.3 is 30.1 Å². The Labute approximate surface area is 248 Å². The Balaban J connectivity index is 1.50. The number of benzene rings is 2. The number of nitrogens with zero attached hydrogens (tertiary/aromatic N) is 1. The van der Waals surface area contributed by atoms with E-state index in [-0.39, 0.29) is 36.2 Å². The molecule has 5 rings (SSSR count). The van der Waals surface area contributed by atoms with Crippen molar-refractivity contribution in [3.05, 3.63) is 60.2 Å². The number of carbonyl (C=O) groups is 3. The van der Waals surface area contributed by atoms with Gasteiger partial charge in [-0.2, -0.15) is 0 Å². The maximum Gasteiger partial charge on any atom is 0.246 e. The van der Waals surface area contributed by atoms with Crippen molar-refractivity contribution in [3.63, 3.8) is 0 Å². The molecule has 0 aliphatic carbocycles. The predicted octanol–water partition coefficient (Wildman–Crippen LogP) is 3.76. The van der Waals surface area contributed by atoms with Crippen molar-refractivity contribution < 1.29 is 29.0 Å². The van der Waals surface area contributed by atoms with E-state index < -0.39 is 35.1 Å². The molecule has 7 atom stereocenters. The lowest BCUT2D eigenvalue weighted by Crippen LogP contribution is -2.58. The van der Waals surface area contributed by atoms with Crippen LogP contribution in [0, 0.1) is 23.7 Å². The second kappa shape index (κ2) is 11.7. The maximum absolute atomic E-state index is 14.4. The van der Waals surface area contributed by atoms with E-state index in [9.17, 15) is 19.5 Å². The average Bonchev–Trinajstić information content (AvgIpc) is 3.48. The molecular weight excluding hydrogens is 534 g/mol. The summed E-state index contributed by atoms with van der Waals surface area (Å²) in [5, 5.41) is 16.5. The lowest BCUT2D eigenvalue weighted by molar-refractivity contribution is -0.150. The van der Waals surface area contributed by atoms with Gasteiger partial charge >= 0.3 is 0 Å². The van der Waals surface area contributed by atoms with Crippen LogP contribution in [-0.4, -0.2) is 64.2 Å². The van der Waals surface area contributed by atoms with Crippen LogP contribution < -0.4 is 15.4 Å². The number of likely N-dealkylation sites (tertiary alicyclic amines) is 1. The van der Waals surface area contributed by atoms with Crippen molar-refractivity contribution in [2.24, 2.45) is 23.7 Å². The van der Waals surface area contributed by atoms with Crippen molar-refractivity contribution in [2.75, 3.05) is 18.5 Å². The van der Waals surface area contributed by atoms with Gasteiger partial charge in [0, 0.05) is 12.2 Å². The standard InChI is InChI=1S/C33H43N3O6/c1-6-41-25-14-12-23(13-15-25)35-29(38)26-27-31(40)36(24(19-37)16-20(2)3)28(33(27)17-21(4)32(26,5)42-33)30(39)34-18-22-10-8-7-9-11-22/h7-15,20-21,24,26-28,37H,6,16-19H2,1-5H3,(H,34,39)(H,35,38)/t21?,24-,26+,27+,28?,32-,33?/m1/s1. The van der Waals surface area contributed by atoms with Crippen molar-refractivity contribution in [2.45, 2.75) is 77.3 Å². The lowest BCUT2D eigenvalue weighted by Gasteiger charge is -2.37. The van der Waals surface area contributed by atoms with Gasteiger partial charge in [-0.15, -0.1) is 0 Å². The summed E-state index contributed by atoms with van der Waals surface area (Å²) < 4.78 is 12.3. The topological polar surface area (TPSA) is 117 Å². The van der Waals surface area contributed by atoms with E-state index in [0.29, 0.717) is 37.4 Å². The Kier molecular flexibility index (Phi) is 8.36. The van der Waals surface area contributed by atoms with E-state index >= 15 is 0 Å². The molecule has 0 radical (unpaired) electrons. The summed E-state index contributed by atoms with van der Waals surface area (Å²) in [6, 6.07) is 15.1. The van der Waals surface area contributed by atoms with Crippen molar-refractivity contribution in [1.82, 2.24) is 10.2 Å². The Morgan fingerprint density at radius 2 is 1.81 bits per heavy atom. The molecule has 3 amide bonds. The van der Waals surface area contributed by atoms with Gasteiger partial charge in [0.25, 0.3) is 0 Å². The van der Waals surface area contributed by atoms with Gasteiger partial charge in [-0.05, 0) is 68.4 Å². The summed E-state index contributed by atoms with van der Waals surface area (Å²) in [6.07, 6.45) is 0.982. The van der Waals surface area contributed by atoms with Crippen LogP contribution in [0.1, 0.15) is 53.0 Å². The number of aliphatic hydroxyl groups excluding tert-OH is 1. The SMILES string of the molecule is CCOc1ccc(NC(=O)[C@@H]2[C@H]3C(=O)N([C@@H](CO)CC(C)C)C(C(=O)NCc4ccccc4)C34CC(C)[C@@]2(C)O4)cc1. The van der Waals surface area contributed by atoms with Crippen LogP contribution in [0.15, 0.2) is 54.6 Å². The molecule has 42 heavy (non-hydrogen) atoms. The maximum atomic E-state index is 14.4. The molecule has 2 aromatic carbocycles. The molecule has 9 heteroatoms. The Bertz CT molecular complexity index is 1300. The van der Waals surface area contributed by atoms with Crippen molar-refractivity contribution in [3.8, 4) is 5.75 Å². The summed E-state index contributed by atoms with van der Waals surface area (Å²) in [7, 11) is 0. The van der Waals surface area contributed by atoms with Crippen molar-refractivity contribution in [1.29, 1.82) is 0 Å². The van der Waals surface area contributed by atoms with Crippen molar-refractivity contribution >= 4 is 23.4 Å². The number of hydrogen-bond acceptors (Lipinski definition) is 6. The highest BCUT2D eigenvalue weighted by Crippen LogP contribution is 2.65. The largest absolute Gasteiger partial charge is 0.494 e. The molecule has 3 N–H and O–H groups in total. The summed E-state index contributed by atoms with van der Waals surface area (Å²) in [4.78, 5) is 44.1. The van der Waals surface area contributed by atoms with Gasteiger partial charge in [-0.1, -0.05) is 51.1 Å². The van der Waals surface area contributed by atoms with Gasteiger partial charge in [0.15, 0.2) is 0 Å². The minimum atomic E-state index is -1.18. The predicted molar refractivity (Wildman–Crippen MR) is 158 cm³/mol. The van der Waals surface area contributed by atoms with E-state index in [4.69, 9.17) is 9.47 Å². The molecule has 3 aliphatic heterocycles. The van der Waals surface area contributed by atoms with Crippen LogP contribution in [0.25, 0.3) is 0 Å². The normalized spacial score (nSPS) is 30.4. The summed E-state index contributed by atoms with van der Waals surface area (Å²) >= 11 is 0. The van der Waals surface area contributed by atoms with E-state index in [0.717, 1.165) is 5.56 Å². The number of carbonyl (C=O) groups excluding carboxylic acids is 3. The second-order valence-corrected chi connectivity index (χ2v) is 12.6. The average molecular weight is 578 g/mol. The molecule has 1 spiro atoms. The van der Waals surface area contributed by atoms with Gasteiger partial charge in [-0.25, -0.2) is 0 Å². The van der Waals surface area contributed by atoms with Crippen LogP contribution in [0.3, 0.4) is 0 Å². The molecule has 226 valence electrons. The second-order valence-electron chi connectivity index (χ2n) is 12.6. The molecule has 3 fully saturated rings. The Hall–Kier alpha value is -3.43. The van der Waals surface area contributed by atoms with E-state index in [1.807, 2.05) is 65.0 Å². The zero-order chi connectivity index (χ0) is 30.2. The third-order valence-electron chi connectivity index (χ3n) is 9.37. The number of ether oxygens (including phenoxy) is 2. The first-order valence-corrected chi connectivity index (χ1v) is 15.0. The third kappa shape index (κ3) is 5.07. The molecule has 3 unspecified atom stereocenters. The lowest BCUT2D eigenvalue weighted by atomic mass is 9.62. The fraction of sp³-hybridized carbons (Fsp3) is 0.545. The fourth-order valence-electron chi connectivity index (χ4n) is 7.49. The first-order chi connectivity index (χ1) is 20.1. The fourth-order valence-corrected chi connectivity index (χ4v) is 7.49. The molecule has 0 saturated carbocycles. The third-order valence-corrected chi connectivity index (χ3v) is 9.37. The van der Waals surface area contributed by atoms with E-state index in [2.05, 4.69) is 10.6 Å². The Morgan fingerprint density at radius 1 is 1.12 bits per heavy atom. The number of aliphatic hydroxyl groups is 1. The molecule has 3 aliphatic rings. The number of nitrogens with one attached hydrogen (secondary N) is 2. The van der Waals surface area contributed by atoms with E-state index in [1.165, 1.54) is 0 Å². The number of amides is 3. The number of rotatable bonds is 11. The zero-order valence-corrected chi connectivity index (χ0v) is 25.1. The molecule has 3 saturated heterocycles. The summed E-state index contributed by atoms with van der Waals surface area (Å²) in [6.45, 7) is 10.4. The van der Waals surface area contributed by atoms with Gasteiger partial charge in [0.05, 0.1) is 36.7 Å². The highest BCUT2D eigenvalue weighted by molar-refractivity contribution is 6.02. The molecular formula is C33H43N3O6. The van der Waals surface area contributed by atoms with Crippen LogP contribution in [0.5, 0.6) is 5.75 Å². The van der Waals surface area contributed by atoms with Crippen LogP contribution >= 0.6 is 0 Å². The van der Waals surface area contributed by atoms with Crippen LogP contribution in [0.4, 0.5) is 5.69 Å². The van der Waals surface area contributed by atoms with Crippen LogP contribution in [0.2, 0.25) is 0 Å². The first-order valence-electron chi connectivity index (χ1n) is 15.0. The molecule has 2 bridgehead atoms. The first kappa shape index (κ1) is 30.0. The molecule has 0 aromatic heterocycles. The molecule has 2 aromatic rings. The quantitative estimate of drug-likeness (QED) is 0.375. The summed E-state index contributed by atoms with van der Waals surface area (Å²) in [5.74, 6) is -1.83. The Morgan fingerprint density at radius 3 is 2.43 bits per heavy atom. The van der Waals surface area contributed by atoms with Gasteiger partial charge in [0.2, 0.25) is 17.7 Å². The summed E-state index contributed by atoms with van der Waals surface area (Å²) in [5.41, 5.74) is -0.603. The van der Waals surface area contributed by atoms with Crippen LogP contribution in [-0.2, 0) is 25.7 Å². The molecule has 9 nitrogen and oxygen atoms in total. The number of anilines is 1. The van der Waals surface area contributed by atoms with Gasteiger partial charge in [0.1, 0.15) is 17.4 Å². The highest BCUT2D eigenvalue weighted by Gasteiger charge is 2.80. The monoisotopic (exact) mass is 577 g/mol. The molecule has 3 heterocycles. The minimum absolute atomic E-state index is 0.0836. The number of fused-ring (bicyclic) bond motifs is 1. The number of hydrogen-bond donors (Lipinski definition) is 3. The zero-order valence-electron chi connectivity index (χ0n) is 25.1.